The number of aromatic nitrogens is 1. The molecule has 20 heavy (non-hydrogen) atoms. The van der Waals surface area contributed by atoms with Gasteiger partial charge >= 0.3 is 0 Å². The largest absolute Gasteiger partial charge is 0.508 e. The van der Waals surface area contributed by atoms with E-state index in [2.05, 4.69) is 4.98 Å². The maximum atomic E-state index is 12.0. The Morgan fingerprint density at radius 1 is 1.25 bits per heavy atom. The molecule has 1 heterocycles. The van der Waals surface area contributed by atoms with E-state index in [1.165, 1.54) is 6.07 Å². The highest BCUT2D eigenvalue weighted by molar-refractivity contribution is 5.83. The van der Waals surface area contributed by atoms with Crippen LogP contribution in [0.25, 0.3) is 0 Å². The number of nitrogens with zero attached hydrogens (tertiary/aromatic N) is 1. The molecule has 0 aliphatic heterocycles. The molecule has 0 unspecified atom stereocenters. The van der Waals surface area contributed by atoms with Gasteiger partial charge in [-0.05, 0) is 25.1 Å². The Kier molecular flexibility index (Phi) is 4.71. The first-order valence-corrected chi connectivity index (χ1v) is 6.55. The fourth-order valence-corrected chi connectivity index (χ4v) is 1.93. The quantitative estimate of drug-likeness (QED) is 0.877. The second-order valence-electron chi connectivity index (χ2n) is 4.44. The van der Waals surface area contributed by atoms with Crippen molar-refractivity contribution in [2.45, 2.75) is 19.8 Å². The maximum Gasteiger partial charge on any atom is 0.143 e. The molecule has 0 saturated heterocycles. The zero-order chi connectivity index (χ0) is 14.4. The Morgan fingerprint density at radius 3 is 2.75 bits per heavy atom. The standard InChI is InChI=1S/C16H17NO3/c1-2-20-15-7-6-12(16(19)11-15)9-14(18)10-13-5-3-4-8-17-13/h3-8,11,19H,2,9-10H2,1H3. The van der Waals surface area contributed by atoms with E-state index in [-0.39, 0.29) is 24.4 Å². The second kappa shape index (κ2) is 6.70. The molecule has 1 N–H and O–H groups in total. The van der Waals surface area contributed by atoms with Gasteiger partial charge in [-0.15, -0.1) is 0 Å². The van der Waals surface area contributed by atoms with Gasteiger partial charge in [-0.25, -0.2) is 0 Å². The molecular weight excluding hydrogens is 254 g/mol. The Hall–Kier alpha value is -2.36. The summed E-state index contributed by atoms with van der Waals surface area (Å²) >= 11 is 0. The van der Waals surface area contributed by atoms with E-state index in [9.17, 15) is 9.90 Å². The summed E-state index contributed by atoms with van der Waals surface area (Å²) in [5, 5.41) is 9.89. The monoisotopic (exact) mass is 271 g/mol. The Balaban J connectivity index is 2.01. The predicted octanol–water partition coefficient (Wildman–Crippen LogP) is 2.54. The summed E-state index contributed by atoms with van der Waals surface area (Å²) in [5.74, 6) is 0.708. The first-order chi connectivity index (χ1) is 9.69. The van der Waals surface area contributed by atoms with Crippen molar-refractivity contribution in [3.05, 3.63) is 53.9 Å². The summed E-state index contributed by atoms with van der Waals surface area (Å²) < 4.78 is 5.29. The van der Waals surface area contributed by atoms with Crippen LogP contribution in [0.15, 0.2) is 42.6 Å². The number of Topliss-reactive ketones (excluding diaryl/α,β-unsaturated/α-hetero) is 1. The van der Waals surface area contributed by atoms with Gasteiger partial charge in [-0.1, -0.05) is 12.1 Å². The molecule has 0 amide bonds. The zero-order valence-electron chi connectivity index (χ0n) is 11.4. The third kappa shape index (κ3) is 3.82. The molecule has 4 heteroatoms. The summed E-state index contributed by atoms with van der Waals surface area (Å²) in [5.41, 5.74) is 1.34. The summed E-state index contributed by atoms with van der Waals surface area (Å²) in [6.45, 7) is 2.42. The number of phenols is 1. The highest BCUT2D eigenvalue weighted by Crippen LogP contribution is 2.24. The number of ketones is 1. The van der Waals surface area contributed by atoms with E-state index < -0.39 is 0 Å². The van der Waals surface area contributed by atoms with E-state index in [4.69, 9.17) is 4.74 Å². The van der Waals surface area contributed by atoms with Crippen molar-refractivity contribution in [2.75, 3.05) is 6.61 Å². The van der Waals surface area contributed by atoms with Crippen LogP contribution >= 0.6 is 0 Å². The van der Waals surface area contributed by atoms with Crippen LogP contribution in [0.1, 0.15) is 18.2 Å². The van der Waals surface area contributed by atoms with Crippen molar-refractivity contribution in [2.24, 2.45) is 0 Å². The van der Waals surface area contributed by atoms with E-state index in [1.54, 1.807) is 18.3 Å². The topological polar surface area (TPSA) is 59.4 Å². The summed E-state index contributed by atoms with van der Waals surface area (Å²) in [4.78, 5) is 16.1. The van der Waals surface area contributed by atoms with Crippen LogP contribution < -0.4 is 4.74 Å². The van der Waals surface area contributed by atoms with Gasteiger partial charge in [0.1, 0.15) is 17.3 Å². The van der Waals surface area contributed by atoms with E-state index in [0.29, 0.717) is 17.9 Å². The van der Waals surface area contributed by atoms with Crippen LogP contribution in [-0.4, -0.2) is 22.5 Å². The summed E-state index contributed by atoms with van der Waals surface area (Å²) in [6.07, 6.45) is 2.12. The molecule has 0 radical (unpaired) electrons. The molecule has 0 atom stereocenters. The summed E-state index contributed by atoms with van der Waals surface area (Å²) in [7, 11) is 0. The molecular formula is C16H17NO3. The lowest BCUT2D eigenvalue weighted by atomic mass is 10.0. The minimum absolute atomic E-state index is 0.0168. The molecule has 1 aromatic carbocycles. The van der Waals surface area contributed by atoms with Crippen molar-refractivity contribution in [1.82, 2.24) is 4.98 Å². The number of pyridine rings is 1. The lowest BCUT2D eigenvalue weighted by Gasteiger charge is -2.07. The Labute approximate surface area is 118 Å². The van der Waals surface area contributed by atoms with Gasteiger partial charge in [-0.3, -0.25) is 9.78 Å². The van der Waals surface area contributed by atoms with Gasteiger partial charge in [0.25, 0.3) is 0 Å². The van der Waals surface area contributed by atoms with E-state index in [1.807, 2.05) is 25.1 Å². The minimum Gasteiger partial charge on any atom is -0.508 e. The molecule has 2 aromatic rings. The van der Waals surface area contributed by atoms with Crippen molar-refractivity contribution in [1.29, 1.82) is 0 Å². The molecule has 0 aliphatic rings. The number of aromatic hydroxyl groups is 1. The number of benzene rings is 1. The second-order valence-corrected chi connectivity index (χ2v) is 4.44. The number of hydrogen-bond donors (Lipinski definition) is 1. The van der Waals surface area contributed by atoms with Crippen LogP contribution in [0.3, 0.4) is 0 Å². The molecule has 0 bridgehead atoms. The Bertz CT molecular complexity index is 582. The van der Waals surface area contributed by atoms with Crippen LogP contribution in [0.4, 0.5) is 0 Å². The molecule has 0 spiro atoms. The number of ether oxygens (including phenoxy) is 1. The molecule has 104 valence electrons. The number of phenolic OH excluding ortho intramolecular Hbond substituents is 1. The van der Waals surface area contributed by atoms with Crippen LogP contribution in [0, 0.1) is 0 Å². The smallest absolute Gasteiger partial charge is 0.143 e. The third-order valence-electron chi connectivity index (χ3n) is 2.86. The highest BCUT2D eigenvalue weighted by atomic mass is 16.5. The Morgan fingerprint density at radius 2 is 2.10 bits per heavy atom. The van der Waals surface area contributed by atoms with Crippen molar-refractivity contribution < 1.29 is 14.6 Å². The average Bonchev–Trinajstić information content (AvgIpc) is 2.43. The molecule has 4 nitrogen and oxygen atoms in total. The maximum absolute atomic E-state index is 12.0. The van der Waals surface area contributed by atoms with E-state index >= 15 is 0 Å². The fraction of sp³-hybridized carbons (Fsp3) is 0.250. The van der Waals surface area contributed by atoms with Gasteiger partial charge in [0, 0.05) is 36.4 Å². The minimum atomic E-state index is 0.0168. The van der Waals surface area contributed by atoms with Gasteiger partial charge in [-0.2, -0.15) is 0 Å². The highest BCUT2D eigenvalue weighted by Gasteiger charge is 2.10. The van der Waals surface area contributed by atoms with Crippen molar-refractivity contribution in [3.63, 3.8) is 0 Å². The van der Waals surface area contributed by atoms with Crippen molar-refractivity contribution in [3.8, 4) is 11.5 Å². The van der Waals surface area contributed by atoms with Crippen molar-refractivity contribution >= 4 is 5.78 Å². The first kappa shape index (κ1) is 14.1. The zero-order valence-corrected chi connectivity index (χ0v) is 11.4. The summed E-state index contributed by atoms with van der Waals surface area (Å²) in [6, 6.07) is 10.5. The number of carbonyl (C=O) groups excluding carboxylic acids is 1. The van der Waals surface area contributed by atoms with Gasteiger partial charge in [0.05, 0.1) is 6.61 Å². The fourth-order valence-electron chi connectivity index (χ4n) is 1.93. The van der Waals surface area contributed by atoms with Crippen LogP contribution in [0.2, 0.25) is 0 Å². The normalized spacial score (nSPS) is 10.2. The molecule has 0 aliphatic carbocycles. The lowest BCUT2D eigenvalue weighted by Crippen LogP contribution is -2.08. The van der Waals surface area contributed by atoms with E-state index in [0.717, 1.165) is 5.69 Å². The van der Waals surface area contributed by atoms with Gasteiger partial charge < -0.3 is 9.84 Å². The van der Waals surface area contributed by atoms with Gasteiger partial charge in [0.15, 0.2) is 0 Å². The number of rotatable bonds is 6. The lowest BCUT2D eigenvalue weighted by molar-refractivity contribution is -0.117. The molecule has 2 rings (SSSR count). The molecule has 0 fully saturated rings. The molecule has 0 saturated carbocycles. The number of carbonyl (C=O) groups is 1. The predicted molar refractivity (Wildman–Crippen MR) is 75.9 cm³/mol. The number of hydrogen-bond acceptors (Lipinski definition) is 4. The average molecular weight is 271 g/mol. The SMILES string of the molecule is CCOc1ccc(CC(=O)Cc2ccccn2)c(O)c1. The van der Waals surface area contributed by atoms with Crippen LogP contribution in [0.5, 0.6) is 11.5 Å². The van der Waals surface area contributed by atoms with Gasteiger partial charge in [0.2, 0.25) is 0 Å². The third-order valence-corrected chi connectivity index (χ3v) is 2.86. The first-order valence-electron chi connectivity index (χ1n) is 6.55. The van der Waals surface area contributed by atoms with Crippen LogP contribution in [-0.2, 0) is 17.6 Å². The molecule has 1 aromatic heterocycles.